The van der Waals surface area contributed by atoms with Gasteiger partial charge in [-0.05, 0) is 74.3 Å². The second-order valence-electron chi connectivity index (χ2n) is 9.11. The first-order valence-corrected chi connectivity index (χ1v) is 10.2. The van der Waals surface area contributed by atoms with Gasteiger partial charge in [-0.15, -0.1) is 0 Å². The topological polar surface area (TPSA) is 88.3 Å². The van der Waals surface area contributed by atoms with Gasteiger partial charge in [-0.25, -0.2) is 4.98 Å². The van der Waals surface area contributed by atoms with Gasteiger partial charge in [-0.2, -0.15) is 0 Å². The number of nitrogen functional groups attached to an aromatic ring is 1. The summed E-state index contributed by atoms with van der Waals surface area (Å²) in [5.74, 6) is 0.457. The molecule has 2 aliphatic carbocycles. The van der Waals surface area contributed by atoms with Gasteiger partial charge in [0.1, 0.15) is 5.82 Å². The van der Waals surface area contributed by atoms with Gasteiger partial charge in [-0.1, -0.05) is 13.3 Å². The van der Waals surface area contributed by atoms with E-state index >= 15 is 0 Å². The molecule has 2 atom stereocenters. The minimum Gasteiger partial charge on any atom is -0.383 e. The second-order valence-corrected chi connectivity index (χ2v) is 9.11. The molecular weight excluding hydrogens is 340 g/mol. The molecule has 146 valence electrons. The summed E-state index contributed by atoms with van der Waals surface area (Å²) in [6.07, 6.45) is 10.2. The number of nitrogens with one attached hydrogen (secondary N) is 1. The number of likely N-dealkylation sites (tertiary alicyclic amines) is 1. The summed E-state index contributed by atoms with van der Waals surface area (Å²) in [5.41, 5.74) is 7.60. The van der Waals surface area contributed by atoms with Crippen molar-refractivity contribution >= 4 is 23.3 Å². The van der Waals surface area contributed by atoms with Crippen LogP contribution in [-0.2, 0) is 9.59 Å². The van der Waals surface area contributed by atoms with Crippen LogP contribution in [0.4, 0.5) is 11.5 Å². The van der Waals surface area contributed by atoms with E-state index in [0.29, 0.717) is 35.3 Å². The second kappa shape index (κ2) is 6.80. The maximum atomic E-state index is 13.0. The predicted molar refractivity (Wildman–Crippen MR) is 105 cm³/mol. The van der Waals surface area contributed by atoms with Crippen molar-refractivity contribution in [1.29, 1.82) is 0 Å². The molecular formula is C21H30N4O2. The van der Waals surface area contributed by atoms with Gasteiger partial charge in [0.2, 0.25) is 0 Å². The molecule has 1 saturated heterocycles. The lowest BCUT2D eigenvalue weighted by atomic mass is 9.50. The molecule has 6 nitrogen and oxygen atoms in total. The van der Waals surface area contributed by atoms with E-state index in [0.717, 1.165) is 18.4 Å². The van der Waals surface area contributed by atoms with Crippen molar-refractivity contribution in [3.8, 4) is 0 Å². The molecule has 27 heavy (non-hydrogen) atoms. The van der Waals surface area contributed by atoms with Crippen LogP contribution in [0.2, 0.25) is 0 Å². The van der Waals surface area contributed by atoms with Crippen LogP contribution in [0.5, 0.6) is 0 Å². The van der Waals surface area contributed by atoms with Gasteiger partial charge in [0.05, 0.1) is 11.9 Å². The Labute approximate surface area is 160 Å². The highest BCUT2D eigenvalue weighted by Crippen LogP contribution is 2.60. The molecule has 0 radical (unpaired) electrons. The molecule has 2 unspecified atom stereocenters. The number of piperidine rings is 1. The lowest BCUT2D eigenvalue weighted by molar-refractivity contribution is -0.151. The number of nitrogens with two attached hydrogens (primary N) is 1. The highest BCUT2D eigenvalue weighted by Gasteiger charge is 2.52. The maximum absolute atomic E-state index is 13.0. The fourth-order valence-electron chi connectivity index (χ4n) is 5.28. The van der Waals surface area contributed by atoms with Crippen molar-refractivity contribution < 1.29 is 9.59 Å². The summed E-state index contributed by atoms with van der Waals surface area (Å²) in [5, 5.41) is 2.71. The van der Waals surface area contributed by atoms with Crippen molar-refractivity contribution in [2.75, 3.05) is 17.6 Å². The zero-order valence-electron chi connectivity index (χ0n) is 16.3. The molecule has 1 spiro atoms. The number of amides is 2. The van der Waals surface area contributed by atoms with E-state index in [1.54, 1.807) is 6.07 Å². The van der Waals surface area contributed by atoms with E-state index in [4.69, 9.17) is 5.73 Å². The third-order valence-electron chi connectivity index (χ3n) is 7.04. The normalized spacial score (nSPS) is 27.0. The zero-order valence-corrected chi connectivity index (χ0v) is 16.3. The van der Waals surface area contributed by atoms with Gasteiger partial charge in [0, 0.05) is 12.6 Å². The summed E-state index contributed by atoms with van der Waals surface area (Å²) in [6.45, 7) is 4.67. The summed E-state index contributed by atoms with van der Waals surface area (Å²) < 4.78 is 0. The summed E-state index contributed by atoms with van der Waals surface area (Å²) in [7, 11) is 0. The third-order valence-corrected chi connectivity index (χ3v) is 7.04. The average Bonchev–Trinajstić information content (AvgIpc) is 2.56. The summed E-state index contributed by atoms with van der Waals surface area (Å²) in [4.78, 5) is 31.5. The monoisotopic (exact) mass is 370 g/mol. The number of hydrogen-bond acceptors (Lipinski definition) is 4. The van der Waals surface area contributed by atoms with Gasteiger partial charge in [-0.3, -0.25) is 9.59 Å². The first kappa shape index (κ1) is 18.3. The first-order valence-electron chi connectivity index (χ1n) is 10.2. The number of nitrogens with zero attached hydrogens (tertiary/aromatic N) is 2. The number of hydrogen-bond donors (Lipinski definition) is 2. The van der Waals surface area contributed by atoms with Crippen LogP contribution in [0, 0.1) is 24.2 Å². The maximum Gasteiger partial charge on any atom is 0.313 e. The Morgan fingerprint density at radius 1 is 1.30 bits per heavy atom. The van der Waals surface area contributed by atoms with Crippen LogP contribution in [0.3, 0.4) is 0 Å². The number of carbonyl (C=O) groups excluding carboxylic acids is 2. The van der Waals surface area contributed by atoms with Crippen molar-refractivity contribution in [2.24, 2.45) is 17.3 Å². The minimum atomic E-state index is -0.572. The minimum absolute atomic E-state index is 0.219. The first-order chi connectivity index (χ1) is 12.9. The SMILES string of the molecule is Cc1cc(NC(=O)C(=O)N2CC(C)CCC2C2CC3(CCC3)C2)cnc1N. The van der Waals surface area contributed by atoms with E-state index in [-0.39, 0.29) is 6.04 Å². The molecule has 0 aromatic carbocycles. The van der Waals surface area contributed by atoms with Crippen molar-refractivity contribution in [3.63, 3.8) is 0 Å². The number of pyridine rings is 1. The van der Waals surface area contributed by atoms with E-state index in [1.165, 1.54) is 38.3 Å². The quantitative estimate of drug-likeness (QED) is 0.783. The molecule has 4 rings (SSSR count). The van der Waals surface area contributed by atoms with Crippen LogP contribution in [-0.4, -0.2) is 34.3 Å². The van der Waals surface area contributed by atoms with E-state index in [9.17, 15) is 9.59 Å². The smallest absolute Gasteiger partial charge is 0.313 e. The predicted octanol–water partition coefficient (Wildman–Crippen LogP) is 3.12. The van der Waals surface area contributed by atoms with Crippen LogP contribution in [0.25, 0.3) is 0 Å². The van der Waals surface area contributed by atoms with Crippen molar-refractivity contribution in [3.05, 3.63) is 17.8 Å². The molecule has 3 fully saturated rings. The lowest BCUT2D eigenvalue weighted by Gasteiger charge is -2.58. The standard InChI is InChI=1S/C21H30N4O2/c1-13-4-5-17(15-9-21(10-15)6-3-7-21)25(12-13)20(27)19(26)24-16-8-14(2)18(22)23-11-16/h8,11,13,15,17H,3-7,9-10,12H2,1-2H3,(H2,22,23)(H,24,26). The molecule has 6 heteroatoms. The highest BCUT2D eigenvalue weighted by atomic mass is 16.2. The number of aromatic nitrogens is 1. The molecule has 1 aromatic heterocycles. The van der Waals surface area contributed by atoms with Crippen LogP contribution >= 0.6 is 0 Å². The number of anilines is 2. The lowest BCUT2D eigenvalue weighted by Crippen LogP contribution is -2.58. The number of rotatable bonds is 2. The third kappa shape index (κ3) is 3.42. The van der Waals surface area contributed by atoms with Crippen molar-refractivity contribution in [1.82, 2.24) is 9.88 Å². The van der Waals surface area contributed by atoms with E-state index < -0.39 is 11.8 Å². The molecule has 1 aliphatic heterocycles. The highest BCUT2D eigenvalue weighted by molar-refractivity contribution is 6.39. The van der Waals surface area contributed by atoms with Gasteiger partial charge in [0.25, 0.3) is 0 Å². The molecule has 1 aromatic rings. The molecule has 0 bridgehead atoms. The van der Waals surface area contributed by atoms with Crippen molar-refractivity contribution in [2.45, 2.75) is 64.8 Å². The van der Waals surface area contributed by atoms with E-state index in [2.05, 4.69) is 17.2 Å². The Kier molecular flexibility index (Phi) is 4.60. The van der Waals surface area contributed by atoms with Gasteiger partial charge >= 0.3 is 11.8 Å². The number of carbonyl (C=O) groups is 2. The fraction of sp³-hybridized carbons (Fsp3) is 0.667. The molecule has 2 heterocycles. The summed E-state index contributed by atoms with van der Waals surface area (Å²) >= 11 is 0. The Morgan fingerprint density at radius 3 is 2.67 bits per heavy atom. The Morgan fingerprint density at radius 2 is 2.04 bits per heavy atom. The Hall–Kier alpha value is -2.11. The molecule has 2 saturated carbocycles. The van der Waals surface area contributed by atoms with Crippen LogP contribution in [0.15, 0.2) is 12.3 Å². The van der Waals surface area contributed by atoms with Gasteiger partial charge in [0.15, 0.2) is 0 Å². The number of aryl methyl sites for hydroxylation is 1. The molecule has 3 N–H and O–H groups in total. The van der Waals surface area contributed by atoms with Crippen LogP contribution in [0.1, 0.15) is 57.4 Å². The Bertz CT molecular complexity index is 751. The molecule has 2 amide bonds. The Balaban J connectivity index is 1.43. The fourth-order valence-corrected chi connectivity index (χ4v) is 5.28. The largest absolute Gasteiger partial charge is 0.383 e. The average molecular weight is 370 g/mol. The van der Waals surface area contributed by atoms with E-state index in [1.807, 2.05) is 11.8 Å². The zero-order chi connectivity index (χ0) is 19.2. The summed E-state index contributed by atoms with van der Waals surface area (Å²) in [6, 6.07) is 1.97. The van der Waals surface area contributed by atoms with Gasteiger partial charge < -0.3 is 16.0 Å². The molecule has 3 aliphatic rings. The van der Waals surface area contributed by atoms with Crippen LogP contribution < -0.4 is 11.1 Å².